The molecule has 1 fully saturated rings. The Bertz CT molecular complexity index is 707. The van der Waals surface area contributed by atoms with Crippen LogP contribution in [0.25, 0.3) is 11.1 Å². The SMILES string of the molecule is C1=CC2[CH-]CCC2C=C1.C=C(C(=C)c1ccccc1)c1ccccc1.[CH3-].[CH3-].[SiH4].[Ti+3]. The number of rotatable bonds is 3. The van der Waals surface area contributed by atoms with Gasteiger partial charge in [0, 0.05) is 0 Å². The Labute approximate surface area is 198 Å². The number of hydrogen-bond donors (Lipinski definition) is 0. The predicted molar refractivity (Wildman–Crippen MR) is 134 cm³/mol. The third kappa shape index (κ3) is 8.30. The van der Waals surface area contributed by atoms with E-state index in [9.17, 15) is 0 Å². The van der Waals surface area contributed by atoms with Crippen LogP contribution in [0.5, 0.6) is 0 Å². The van der Waals surface area contributed by atoms with Gasteiger partial charge in [0.25, 0.3) is 0 Å². The van der Waals surface area contributed by atoms with Crippen LogP contribution in [0.15, 0.2) is 98.1 Å². The minimum atomic E-state index is 0. The Morgan fingerprint density at radius 2 is 1.21 bits per heavy atom. The molecule has 0 nitrogen and oxygen atoms in total. The number of fused-ring (bicyclic) bond motifs is 1. The van der Waals surface area contributed by atoms with E-state index < -0.39 is 0 Å². The zero-order chi connectivity index (χ0) is 17.5. The maximum atomic E-state index is 4.10. The standard InChI is InChI=1S/C16H14.C9H11.2CH3.H4Si.Ti/c1-13(15-9-5-3-6-10-15)14(2)16-11-7-4-8-12-16;1-2-5-9-7-3-6-8(9)4-1;;;;/h3-12H,1-2H2;1-2,4-6,8-9H,3,7H2;2*1H3;1H4;/q;3*-1;;+3. The summed E-state index contributed by atoms with van der Waals surface area (Å²) in [4.78, 5) is 0. The Balaban J connectivity index is 0. The smallest absolute Gasteiger partial charge is 0.358 e. The second kappa shape index (κ2) is 15.2. The maximum Gasteiger partial charge on any atom is 3.00 e. The van der Waals surface area contributed by atoms with E-state index in [1.54, 1.807) is 0 Å². The van der Waals surface area contributed by atoms with Crippen LogP contribution in [-0.2, 0) is 21.7 Å². The van der Waals surface area contributed by atoms with Crippen molar-refractivity contribution in [3.8, 4) is 0 Å². The van der Waals surface area contributed by atoms with Crippen LogP contribution in [0.3, 0.4) is 0 Å². The maximum absolute atomic E-state index is 4.10. The van der Waals surface area contributed by atoms with Crippen molar-refractivity contribution < 1.29 is 21.7 Å². The third-order valence-corrected chi connectivity index (χ3v) is 4.84. The van der Waals surface area contributed by atoms with Crippen LogP contribution in [0.1, 0.15) is 24.0 Å². The summed E-state index contributed by atoms with van der Waals surface area (Å²) in [6.07, 6.45) is 14.1. The molecule has 2 aliphatic carbocycles. The van der Waals surface area contributed by atoms with Gasteiger partial charge in [-0.2, -0.15) is 6.42 Å². The normalized spacial score (nSPS) is 17.5. The van der Waals surface area contributed by atoms with Gasteiger partial charge in [-0.3, -0.25) is 0 Å². The molecule has 2 aliphatic rings. The second-order valence-corrected chi connectivity index (χ2v) is 6.51. The molecule has 2 aromatic rings. The summed E-state index contributed by atoms with van der Waals surface area (Å²) in [5.41, 5.74) is 4.20. The van der Waals surface area contributed by atoms with E-state index in [0.29, 0.717) is 0 Å². The van der Waals surface area contributed by atoms with Gasteiger partial charge in [-0.15, -0.1) is 12.0 Å². The molecule has 2 atom stereocenters. The molecule has 4 rings (SSSR count). The van der Waals surface area contributed by atoms with Crippen LogP contribution < -0.4 is 0 Å². The first-order valence-electron chi connectivity index (χ1n) is 8.93. The van der Waals surface area contributed by atoms with Gasteiger partial charge in [0.2, 0.25) is 0 Å². The van der Waals surface area contributed by atoms with Crippen molar-refractivity contribution in [3.63, 3.8) is 0 Å². The quantitative estimate of drug-likeness (QED) is 0.306. The average molecular weight is 436 g/mol. The van der Waals surface area contributed by atoms with E-state index in [-0.39, 0.29) is 47.5 Å². The molecule has 1 saturated carbocycles. The first-order chi connectivity index (χ1) is 12.3. The Kier molecular flexibility index (Phi) is 15.5. The molecular weight excluding hydrogens is 400 g/mol. The fourth-order valence-corrected chi connectivity index (χ4v) is 3.32. The van der Waals surface area contributed by atoms with Crippen molar-refractivity contribution in [1.29, 1.82) is 0 Å². The van der Waals surface area contributed by atoms with E-state index in [4.69, 9.17) is 0 Å². The molecule has 29 heavy (non-hydrogen) atoms. The number of allylic oxidation sites excluding steroid dienone is 6. The summed E-state index contributed by atoms with van der Waals surface area (Å²) in [6, 6.07) is 20.3. The van der Waals surface area contributed by atoms with Crippen molar-refractivity contribution in [1.82, 2.24) is 0 Å². The first kappa shape index (κ1) is 29.5. The summed E-state index contributed by atoms with van der Waals surface area (Å²) >= 11 is 0. The molecule has 2 heteroatoms. The number of benzene rings is 2. The van der Waals surface area contributed by atoms with Gasteiger partial charge in [0.05, 0.1) is 0 Å². The third-order valence-electron chi connectivity index (χ3n) is 4.84. The zero-order valence-corrected chi connectivity index (χ0v) is 18.7. The summed E-state index contributed by atoms with van der Waals surface area (Å²) < 4.78 is 0. The number of hydrogen-bond acceptors (Lipinski definition) is 0. The summed E-state index contributed by atoms with van der Waals surface area (Å²) in [6.45, 7) is 8.20. The van der Waals surface area contributed by atoms with Gasteiger partial charge < -0.3 is 21.3 Å². The molecule has 1 radical (unpaired) electrons. The van der Waals surface area contributed by atoms with Crippen molar-refractivity contribution in [2.24, 2.45) is 11.8 Å². The van der Waals surface area contributed by atoms with Gasteiger partial charge in [-0.25, -0.2) is 0 Å². The molecule has 0 aliphatic heterocycles. The summed E-state index contributed by atoms with van der Waals surface area (Å²) in [7, 11) is 0. The van der Waals surface area contributed by atoms with Gasteiger partial charge in [-0.1, -0.05) is 98.5 Å². The molecule has 0 amide bonds. The molecule has 0 heterocycles. The molecule has 0 bridgehead atoms. The van der Waals surface area contributed by atoms with Crippen LogP contribution in [0.2, 0.25) is 0 Å². The molecular formula is C27H35SiTi. The molecule has 0 N–H and O–H groups in total. The van der Waals surface area contributed by atoms with Crippen LogP contribution in [0.4, 0.5) is 0 Å². The van der Waals surface area contributed by atoms with Gasteiger partial charge in [0.15, 0.2) is 0 Å². The van der Waals surface area contributed by atoms with Crippen molar-refractivity contribution in [2.75, 3.05) is 0 Å². The van der Waals surface area contributed by atoms with Gasteiger partial charge in [0.1, 0.15) is 0 Å². The Hall–Kier alpha value is -1.67. The fourth-order valence-electron chi connectivity index (χ4n) is 3.32. The minimum Gasteiger partial charge on any atom is -0.358 e. The largest absolute Gasteiger partial charge is 3.00 e. The van der Waals surface area contributed by atoms with E-state index >= 15 is 0 Å². The first-order valence-corrected chi connectivity index (χ1v) is 8.93. The van der Waals surface area contributed by atoms with Crippen LogP contribution >= 0.6 is 0 Å². The fraction of sp³-hybridized carbons (Fsp3) is 0.148. The topological polar surface area (TPSA) is 0 Å². The van der Waals surface area contributed by atoms with Crippen molar-refractivity contribution in [3.05, 3.63) is 131 Å². The van der Waals surface area contributed by atoms with E-state index in [0.717, 1.165) is 34.1 Å². The van der Waals surface area contributed by atoms with Crippen molar-refractivity contribution >= 4 is 22.1 Å². The molecule has 0 spiro atoms. The Morgan fingerprint density at radius 3 is 1.66 bits per heavy atom. The molecule has 2 unspecified atom stereocenters. The van der Waals surface area contributed by atoms with Crippen molar-refractivity contribution in [2.45, 2.75) is 12.8 Å². The summed E-state index contributed by atoms with van der Waals surface area (Å²) in [5, 5.41) is 0. The molecule has 0 saturated heterocycles. The summed E-state index contributed by atoms with van der Waals surface area (Å²) in [5.74, 6) is 1.62. The predicted octanol–water partition coefficient (Wildman–Crippen LogP) is 6.20. The second-order valence-electron chi connectivity index (χ2n) is 6.51. The van der Waals surface area contributed by atoms with E-state index in [2.05, 4.69) is 68.1 Å². The van der Waals surface area contributed by atoms with Gasteiger partial charge in [-0.05, 0) is 39.2 Å². The van der Waals surface area contributed by atoms with Crippen LogP contribution in [-0.4, -0.2) is 11.0 Å². The average Bonchev–Trinajstić information content (AvgIpc) is 3.17. The molecule has 0 aromatic heterocycles. The van der Waals surface area contributed by atoms with E-state index in [1.165, 1.54) is 12.8 Å². The van der Waals surface area contributed by atoms with E-state index in [1.807, 2.05) is 36.4 Å². The monoisotopic (exact) mass is 435 g/mol. The van der Waals surface area contributed by atoms with Gasteiger partial charge >= 0.3 is 21.7 Å². The minimum absolute atomic E-state index is 0. The van der Waals surface area contributed by atoms with Crippen LogP contribution in [0, 0.1) is 33.1 Å². The Morgan fingerprint density at radius 1 is 0.759 bits per heavy atom. The molecule has 151 valence electrons. The zero-order valence-electron chi connectivity index (χ0n) is 17.1. The molecule has 2 aromatic carbocycles.